The van der Waals surface area contributed by atoms with Crippen molar-refractivity contribution >= 4 is 23.4 Å². The second-order valence-corrected chi connectivity index (χ2v) is 7.28. The van der Waals surface area contributed by atoms with Crippen molar-refractivity contribution in [2.45, 2.75) is 24.9 Å². The summed E-state index contributed by atoms with van der Waals surface area (Å²) in [6.07, 6.45) is 1.86. The summed E-state index contributed by atoms with van der Waals surface area (Å²) in [5.74, 6) is 4.74. The maximum absolute atomic E-state index is 12.2. The van der Waals surface area contributed by atoms with Crippen LogP contribution in [0.5, 0.6) is 0 Å². The van der Waals surface area contributed by atoms with Gasteiger partial charge in [0.2, 0.25) is 5.91 Å². The van der Waals surface area contributed by atoms with E-state index in [1.54, 1.807) is 36.4 Å². The van der Waals surface area contributed by atoms with Gasteiger partial charge in [0.1, 0.15) is 6.04 Å². The maximum Gasteiger partial charge on any atom is 0.267 e. The van der Waals surface area contributed by atoms with Crippen LogP contribution >= 0.6 is 0 Å². The van der Waals surface area contributed by atoms with Gasteiger partial charge in [-0.1, -0.05) is 11.8 Å². The number of hydroxylamine groups is 1. The minimum absolute atomic E-state index is 0.0276. The summed E-state index contributed by atoms with van der Waals surface area (Å²) in [4.78, 5) is 35.8. The normalized spacial score (nSPS) is 15.8. The third kappa shape index (κ3) is 6.15. The second kappa shape index (κ2) is 11.1. The van der Waals surface area contributed by atoms with Crippen molar-refractivity contribution < 1.29 is 19.6 Å². The highest BCUT2D eigenvalue weighted by molar-refractivity contribution is 5.97. The summed E-state index contributed by atoms with van der Waals surface area (Å²) in [5.41, 5.74) is 9.43. The van der Waals surface area contributed by atoms with Gasteiger partial charge in [-0.2, -0.15) is 0 Å². The van der Waals surface area contributed by atoms with E-state index >= 15 is 0 Å². The number of carbonyl (C=O) groups excluding carboxylic acids is 3. The monoisotopic (exact) mass is 435 g/mol. The third-order valence-electron chi connectivity index (χ3n) is 5.00. The van der Waals surface area contributed by atoms with E-state index in [9.17, 15) is 14.4 Å². The van der Waals surface area contributed by atoms with Crippen molar-refractivity contribution in [1.29, 1.82) is 0 Å². The first-order valence-electron chi connectivity index (χ1n) is 10.2. The molecule has 32 heavy (non-hydrogen) atoms. The molecule has 2 aromatic rings. The van der Waals surface area contributed by atoms with Crippen molar-refractivity contribution in [3.8, 4) is 11.8 Å². The van der Waals surface area contributed by atoms with Crippen LogP contribution < -0.4 is 27.2 Å². The Kier molecular flexibility index (Phi) is 7.94. The first-order valence-corrected chi connectivity index (χ1v) is 10.2. The summed E-state index contributed by atoms with van der Waals surface area (Å²) in [6.45, 7) is 0.717. The van der Waals surface area contributed by atoms with E-state index in [1.807, 2.05) is 12.1 Å². The Morgan fingerprint density at radius 2 is 1.69 bits per heavy atom. The average molecular weight is 435 g/mol. The summed E-state index contributed by atoms with van der Waals surface area (Å²) in [7, 11) is 0. The number of amides is 3. The molecule has 1 unspecified atom stereocenters. The molecule has 9 heteroatoms. The van der Waals surface area contributed by atoms with Crippen LogP contribution in [0.2, 0.25) is 0 Å². The number of carbonyl (C=O) groups is 3. The Bertz CT molecular complexity index is 1020. The van der Waals surface area contributed by atoms with Crippen molar-refractivity contribution in [1.82, 2.24) is 16.1 Å². The Hall–Kier alpha value is -3.71. The van der Waals surface area contributed by atoms with Crippen LogP contribution in [-0.4, -0.2) is 48.1 Å². The number of benzene rings is 2. The van der Waals surface area contributed by atoms with Crippen LogP contribution in [0, 0.1) is 11.8 Å². The van der Waals surface area contributed by atoms with Gasteiger partial charge in [-0.05, 0) is 67.9 Å². The van der Waals surface area contributed by atoms with Crippen LogP contribution in [0.4, 0.5) is 5.69 Å². The first kappa shape index (κ1) is 23.0. The smallest absolute Gasteiger partial charge is 0.267 e. The van der Waals surface area contributed by atoms with Crippen LogP contribution in [0.15, 0.2) is 48.5 Å². The Labute approximate surface area is 185 Å². The minimum atomic E-state index is -1.03. The lowest BCUT2D eigenvalue weighted by Crippen LogP contribution is -2.50. The van der Waals surface area contributed by atoms with Gasteiger partial charge in [0, 0.05) is 28.9 Å². The first-order chi connectivity index (χ1) is 15.5. The van der Waals surface area contributed by atoms with Gasteiger partial charge in [0.05, 0.1) is 6.04 Å². The summed E-state index contributed by atoms with van der Waals surface area (Å²) in [5, 5.41) is 17.2. The molecule has 0 aliphatic carbocycles. The van der Waals surface area contributed by atoms with Crippen LogP contribution in [0.1, 0.15) is 34.3 Å². The van der Waals surface area contributed by atoms with Gasteiger partial charge < -0.3 is 21.7 Å². The van der Waals surface area contributed by atoms with E-state index in [0.717, 1.165) is 30.6 Å². The third-order valence-corrected chi connectivity index (χ3v) is 5.00. The number of nitrogens with two attached hydrogens (primary N) is 1. The topological polar surface area (TPSA) is 146 Å². The summed E-state index contributed by atoms with van der Waals surface area (Å²) < 4.78 is 0. The molecule has 166 valence electrons. The number of hydrogen-bond donors (Lipinski definition) is 6. The number of anilines is 1. The van der Waals surface area contributed by atoms with E-state index < -0.39 is 17.9 Å². The maximum atomic E-state index is 12.2. The van der Waals surface area contributed by atoms with E-state index in [-0.39, 0.29) is 18.5 Å². The number of hydrogen-bond acceptors (Lipinski definition) is 6. The largest absolute Gasteiger partial charge is 0.339 e. The van der Waals surface area contributed by atoms with Gasteiger partial charge in [-0.25, -0.2) is 5.48 Å². The van der Waals surface area contributed by atoms with Crippen molar-refractivity contribution in [3.05, 3.63) is 65.2 Å². The van der Waals surface area contributed by atoms with Gasteiger partial charge in [0.25, 0.3) is 11.8 Å². The van der Waals surface area contributed by atoms with Crippen molar-refractivity contribution in [2.24, 2.45) is 5.73 Å². The molecular formula is C23H25N5O4. The standard InChI is InChI=1S/C23H25N5O4/c24-14-20(23(31)28-32)27-21(29)17-9-5-15(6-10-17)3-4-16-7-11-18(12-8-16)26-22(30)19-2-1-13-25-19/h5-12,19-20,25,32H,1-2,13-14,24H2,(H,26,30)(H,27,29)(H,28,31)/t19?,20-/m0/s1. The molecule has 9 nitrogen and oxygen atoms in total. The lowest BCUT2D eigenvalue weighted by molar-refractivity contribution is -0.130. The van der Waals surface area contributed by atoms with Crippen LogP contribution in [0.3, 0.4) is 0 Å². The van der Waals surface area contributed by atoms with Crippen LogP contribution in [-0.2, 0) is 9.59 Å². The molecule has 3 rings (SSSR count). The molecule has 1 aliphatic heterocycles. The molecule has 0 saturated carbocycles. The number of nitrogens with one attached hydrogen (secondary N) is 4. The van der Waals surface area contributed by atoms with Crippen molar-refractivity contribution in [3.63, 3.8) is 0 Å². The lowest BCUT2D eigenvalue weighted by atomic mass is 10.1. The highest BCUT2D eigenvalue weighted by Gasteiger charge is 2.22. The predicted molar refractivity (Wildman–Crippen MR) is 119 cm³/mol. The minimum Gasteiger partial charge on any atom is -0.339 e. The fraction of sp³-hybridized carbons (Fsp3) is 0.261. The molecule has 1 fully saturated rings. The predicted octanol–water partition coefficient (Wildman–Crippen LogP) is 0.339. The van der Waals surface area contributed by atoms with Gasteiger partial charge >= 0.3 is 0 Å². The molecule has 2 aromatic carbocycles. The van der Waals surface area contributed by atoms with Crippen LogP contribution in [0.25, 0.3) is 0 Å². The molecule has 1 heterocycles. The zero-order chi connectivity index (χ0) is 22.9. The van der Waals surface area contributed by atoms with E-state index in [1.165, 1.54) is 5.48 Å². The van der Waals surface area contributed by atoms with E-state index in [2.05, 4.69) is 27.8 Å². The van der Waals surface area contributed by atoms with E-state index in [4.69, 9.17) is 10.9 Å². The molecule has 7 N–H and O–H groups in total. The number of rotatable bonds is 6. The second-order valence-electron chi connectivity index (χ2n) is 7.28. The molecule has 1 aliphatic rings. The fourth-order valence-electron chi connectivity index (χ4n) is 3.17. The molecule has 1 saturated heterocycles. The van der Waals surface area contributed by atoms with Crippen molar-refractivity contribution in [2.75, 3.05) is 18.4 Å². The summed E-state index contributed by atoms with van der Waals surface area (Å²) >= 11 is 0. The Balaban J connectivity index is 1.57. The highest BCUT2D eigenvalue weighted by atomic mass is 16.5. The molecule has 2 atom stereocenters. The molecule has 3 amide bonds. The summed E-state index contributed by atoms with van der Waals surface area (Å²) in [6, 6.07) is 12.6. The van der Waals surface area contributed by atoms with Gasteiger partial charge in [-0.15, -0.1) is 0 Å². The fourth-order valence-corrected chi connectivity index (χ4v) is 3.17. The zero-order valence-electron chi connectivity index (χ0n) is 17.4. The molecule has 0 radical (unpaired) electrons. The molecule has 0 bridgehead atoms. The molecule has 0 spiro atoms. The molecular weight excluding hydrogens is 410 g/mol. The zero-order valence-corrected chi connectivity index (χ0v) is 17.4. The Morgan fingerprint density at radius 3 is 2.22 bits per heavy atom. The Morgan fingerprint density at radius 1 is 1.06 bits per heavy atom. The quantitative estimate of drug-likeness (QED) is 0.219. The van der Waals surface area contributed by atoms with E-state index in [0.29, 0.717) is 11.1 Å². The van der Waals surface area contributed by atoms with Gasteiger partial charge in [-0.3, -0.25) is 19.6 Å². The molecule has 0 aromatic heterocycles. The average Bonchev–Trinajstić information content (AvgIpc) is 3.37. The SMILES string of the molecule is NC[C@H](NC(=O)c1ccc(C#Cc2ccc(NC(=O)C3CCCN3)cc2)cc1)C(=O)NO. The van der Waals surface area contributed by atoms with Gasteiger partial charge in [0.15, 0.2) is 0 Å². The lowest BCUT2D eigenvalue weighted by Gasteiger charge is -2.14. The highest BCUT2D eigenvalue weighted by Crippen LogP contribution is 2.12.